The quantitative estimate of drug-likeness (QED) is 0.102. The first-order valence-corrected chi connectivity index (χ1v) is 17.8. The van der Waals surface area contributed by atoms with Crippen LogP contribution in [0.4, 0.5) is 13.2 Å². The molecule has 0 spiro atoms. The van der Waals surface area contributed by atoms with Crippen LogP contribution in [0, 0.1) is 35.2 Å². The van der Waals surface area contributed by atoms with Crippen molar-refractivity contribution in [2.75, 3.05) is 32.8 Å². The standard InChI is InChI=1S/C40H49F3N2O4/c1-40(2,3)29-10-14-31(15-11-29)49-37(39(46)48-18-16-26-6-4-5-7-26)20-27-8-12-30(13-9-27)47-19-17-44-38-32-24-45(25-33(32)38)23-28-21-35(42)36(43)22-34(28)41/h8-15,21-22,26,32-33,37-38,44H,4-7,16-20,23-25H2,1-3H3/t32-,33+,37-,38+/m0/s1. The molecule has 6 nitrogen and oxygen atoms in total. The minimum Gasteiger partial charge on any atom is -0.492 e. The van der Waals surface area contributed by atoms with Gasteiger partial charge in [-0.05, 0) is 71.0 Å². The summed E-state index contributed by atoms with van der Waals surface area (Å²) in [5.74, 6) is -0.258. The molecular weight excluding hydrogens is 629 g/mol. The summed E-state index contributed by atoms with van der Waals surface area (Å²) in [5.41, 5.74) is 2.36. The van der Waals surface area contributed by atoms with Gasteiger partial charge in [0.25, 0.3) is 0 Å². The largest absolute Gasteiger partial charge is 0.492 e. The summed E-state index contributed by atoms with van der Waals surface area (Å²) in [7, 11) is 0. The Morgan fingerprint density at radius 3 is 2.20 bits per heavy atom. The maximum Gasteiger partial charge on any atom is 0.347 e. The first-order valence-electron chi connectivity index (χ1n) is 17.8. The van der Waals surface area contributed by atoms with Gasteiger partial charge in [0.15, 0.2) is 17.7 Å². The molecule has 9 heteroatoms. The fourth-order valence-corrected chi connectivity index (χ4v) is 7.39. The molecule has 2 aliphatic carbocycles. The van der Waals surface area contributed by atoms with Crippen LogP contribution in [0.1, 0.15) is 69.6 Å². The van der Waals surface area contributed by atoms with Crippen LogP contribution in [0.3, 0.4) is 0 Å². The predicted octanol–water partition coefficient (Wildman–Crippen LogP) is 7.61. The molecule has 1 saturated heterocycles. The van der Waals surface area contributed by atoms with E-state index in [9.17, 15) is 18.0 Å². The average Bonchev–Trinajstić information content (AvgIpc) is 3.40. The van der Waals surface area contributed by atoms with E-state index in [0.717, 1.165) is 36.9 Å². The number of carbonyl (C=O) groups is 1. The maximum absolute atomic E-state index is 14.0. The Morgan fingerprint density at radius 1 is 0.878 bits per heavy atom. The molecule has 6 rings (SSSR count). The van der Waals surface area contributed by atoms with E-state index in [2.05, 4.69) is 31.0 Å². The van der Waals surface area contributed by atoms with Crippen LogP contribution in [0.5, 0.6) is 11.5 Å². The Morgan fingerprint density at radius 2 is 1.53 bits per heavy atom. The molecule has 1 N–H and O–H groups in total. The number of fused-ring (bicyclic) bond motifs is 1. The maximum atomic E-state index is 14.0. The second-order valence-corrected chi connectivity index (χ2v) is 15.0. The third-order valence-electron chi connectivity index (χ3n) is 10.4. The lowest BCUT2D eigenvalue weighted by Gasteiger charge is -2.21. The molecule has 4 atom stereocenters. The SMILES string of the molecule is CC(C)(C)c1ccc(O[C@@H](Cc2ccc(OCCN[C@H]3[C@@H]4CN(Cc5cc(F)c(F)cc5F)C[C@@H]43)cc2)C(=O)OCCC2CCCC2)cc1. The van der Waals surface area contributed by atoms with E-state index in [1.807, 2.05) is 48.5 Å². The number of rotatable bonds is 15. The Labute approximate surface area is 288 Å². The lowest BCUT2D eigenvalue weighted by Crippen LogP contribution is -2.33. The Hall–Kier alpha value is -3.56. The zero-order valence-corrected chi connectivity index (χ0v) is 28.9. The molecule has 0 aromatic heterocycles. The number of esters is 1. The number of nitrogens with one attached hydrogen (secondary N) is 1. The van der Waals surface area contributed by atoms with Crippen LogP contribution in [0.15, 0.2) is 60.7 Å². The monoisotopic (exact) mass is 678 g/mol. The first kappa shape index (κ1) is 35.3. The van der Waals surface area contributed by atoms with Gasteiger partial charge in [-0.1, -0.05) is 70.7 Å². The van der Waals surface area contributed by atoms with Gasteiger partial charge in [0.05, 0.1) is 6.61 Å². The van der Waals surface area contributed by atoms with Crippen molar-refractivity contribution in [3.8, 4) is 11.5 Å². The van der Waals surface area contributed by atoms with Crippen LogP contribution >= 0.6 is 0 Å². The molecular formula is C40H49F3N2O4. The van der Waals surface area contributed by atoms with E-state index in [1.165, 1.54) is 31.2 Å². The molecule has 3 fully saturated rings. The number of nitrogens with zero attached hydrogens (tertiary/aromatic N) is 1. The van der Waals surface area contributed by atoms with E-state index in [1.54, 1.807) is 0 Å². The molecule has 3 aromatic carbocycles. The normalized spacial score (nSPS) is 21.4. The van der Waals surface area contributed by atoms with Crippen LogP contribution in [0.25, 0.3) is 0 Å². The van der Waals surface area contributed by atoms with Gasteiger partial charge >= 0.3 is 5.97 Å². The van der Waals surface area contributed by atoms with Crippen molar-refractivity contribution in [1.82, 2.24) is 10.2 Å². The summed E-state index contributed by atoms with van der Waals surface area (Å²) in [6.45, 7) is 9.98. The summed E-state index contributed by atoms with van der Waals surface area (Å²) < 4.78 is 58.8. The van der Waals surface area contributed by atoms with E-state index < -0.39 is 23.6 Å². The molecule has 3 aromatic rings. The van der Waals surface area contributed by atoms with Crippen LogP contribution in [-0.2, 0) is 27.9 Å². The highest BCUT2D eigenvalue weighted by Gasteiger charge is 2.55. The number of ether oxygens (including phenoxy) is 3. The molecule has 0 radical (unpaired) electrons. The van der Waals surface area contributed by atoms with Crippen molar-refractivity contribution in [3.05, 3.63) is 94.8 Å². The van der Waals surface area contributed by atoms with Gasteiger partial charge in [0.2, 0.25) is 0 Å². The minimum atomic E-state index is -1.16. The van der Waals surface area contributed by atoms with E-state index in [4.69, 9.17) is 14.2 Å². The third kappa shape index (κ3) is 9.37. The van der Waals surface area contributed by atoms with Gasteiger partial charge in [-0.15, -0.1) is 0 Å². The summed E-state index contributed by atoms with van der Waals surface area (Å²) in [6, 6.07) is 17.7. The molecule has 0 unspecified atom stereocenters. The van der Waals surface area contributed by atoms with Gasteiger partial charge < -0.3 is 19.5 Å². The lowest BCUT2D eigenvalue weighted by atomic mass is 9.87. The molecule has 0 bridgehead atoms. The number of halogens is 3. The van der Waals surface area contributed by atoms with Crippen molar-refractivity contribution in [3.63, 3.8) is 0 Å². The molecule has 3 aliphatic rings. The second-order valence-electron chi connectivity index (χ2n) is 15.0. The predicted molar refractivity (Wildman–Crippen MR) is 183 cm³/mol. The topological polar surface area (TPSA) is 60.0 Å². The lowest BCUT2D eigenvalue weighted by molar-refractivity contribution is -0.152. The summed E-state index contributed by atoms with van der Waals surface area (Å²) in [5, 5.41) is 3.56. The highest BCUT2D eigenvalue weighted by molar-refractivity contribution is 5.75. The smallest absolute Gasteiger partial charge is 0.347 e. The van der Waals surface area contributed by atoms with Crippen LogP contribution in [0.2, 0.25) is 0 Å². The second kappa shape index (κ2) is 15.5. The van der Waals surface area contributed by atoms with Gasteiger partial charge in [-0.2, -0.15) is 0 Å². The van der Waals surface area contributed by atoms with E-state index in [0.29, 0.717) is 61.8 Å². The van der Waals surface area contributed by atoms with Crippen molar-refractivity contribution < 1.29 is 32.2 Å². The fraction of sp³-hybridized carbons (Fsp3) is 0.525. The Balaban J connectivity index is 0.945. The minimum absolute atomic E-state index is 0.0233. The van der Waals surface area contributed by atoms with Gasteiger partial charge in [0.1, 0.15) is 23.9 Å². The highest BCUT2D eigenvalue weighted by Crippen LogP contribution is 2.46. The highest BCUT2D eigenvalue weighted by atomic mass is 19.2. The first-order chi connectivity index (χ1) is 23.5. The van der Waals surface area contributed by atoms with Crippen molar-refractivity contribution in [1.29, 1.82) is 0 Å². The Bertz CT molecular complexity index is 1540. The molecule has 49 heavy (non-hydrogen) atoms. The summed E-state index contributed by atoms with van der Waals surface area (Å²) in [6.07, 6.45) is 5.50. The van der Waals surface area contributed by atoms with Crippen molar-refractivity contribution in [2.45, 2.75) is 83.4 Å². The van der Waals surface area contributed by atoms with Gasteiger partial charge in [-0.3, -0.25) is 4.90 Å². The zero-order chi connectivity index (χ0) is 34.5. The summed E-state index contributed by atoms with van der Waals surface area (Å²) in [4.78, 5) is 15.3. The van der Waals surface area contributed by atoms with Crippen LogP contribution < -0.4 is 14.8 Å². The van der Waals surface area contributed by atoms with Crippen LogP contribution in [-0.4, -0.2) is 55.9 Å². The average molecular weight is 679 g/mol. The number of likely N-dealkylation sites (tertiary alicyclic amines) is 1. The van der Waals surface area contributed by atoms with Crippen molar-refractivity contribution in [2.24, 2.45) is 17.8 Å². The third-order valence-corrected chi connectivity index (χ3v) is 10.4. The van der Waals surface area contributed by atoms with E-state index >= 15 is 0 Å². The van der Waals surface area contributed by atoms with E-state index in [-0.39, 0.29) is 23.5 Å². The molecule has 264 valence electrons. The number of piperidine rings is 1. The number of benzene rings is 3. The number of hydrogen-bond acceptors (Lipinski definition) is 6. The van der Waals surface area contributed by atoms with Gasteiger partial charge in [0, 0.05) is 50.3 Å². The van der Waals surface area contributed by atoms with Gasteiger partial charge in [-0.25, -0.2) is 18.0 Å². The fourth-order valence-electron chi connectivity index (χ4n) is 7.39. The number of carbonyl (C=O) groups excluding carboxylic acids is 1. The molecule has 1 heterocycles. The number of hydrogen-bond donors (Lipinski definition) is 1. The van der Waals surface area contributed by atoms with Crippen molar-refractivity contribution >= 4 is 5.97 Å². The Kier molecular flexibility index (Phi) is 11.2. The molecule has 1 aliphatic heterocycles. The summed E-state index contributed by atoms with van der Waals surface area (Å²) >= 11 is 0. The zero-order valence-electron chi connectivity index (χ0n) is 28.9. The molecule has 0 amide bonds. The molecule has 2 saturated carbocycles.